The van der Waals surface area contributed by atoms with Crippen LogP contribution in [0.4, 0.5) is 5.69 Å². The predicted octanol–water partition coefficient (Wildman–Crippen LogP) is 1.60. The Morgan fingerprint density at radius 2 is 1.67 bits per heavy atom. The number of ether oxygens (including phenoxy) is 1. The highest BCUT2D eigenvalue weighted by atomic mass is 16.5. The summed E-state index contributed by atoms with van der Waals surface area (Å²) in [6, 6.07) is 10.6. The summed E-state index contributed by atoms with van der Waals surface area (Å²) in [5.74, 6) is 0. The predicted molar refractivity (Wildman–Crippen MR) is 84.7 cm³/mol. The zero-order valence-electron chi connectivity index (χ0n) is 12.7. The van der Waals surface area contributed by atoms with Crippen LogP contribution in [0.1, 0.15) is 12.8 Å². The summed E-state index contributed by atoms with van der Waals surface area (Å²) in [6.07, 6.45) is 1.98. The Balaban J connectivity index is 1.53. The number of nitrogens with zero attached hydrogens (tertiary/aromatic N) is 2. The molecule has 21 heavy (non-hydrogen) atoms. The van der Waals surface area contributed by atoms with Crippen molar-refractivity contribution in [2.24, 2.45) is 5.41 Å². The molecule has 0 aromatic heterocycles. The molecule has 0 radical (unpaired) electrons. The average molecular weight is 290 g/mol. The number of benzene rings is 1. The Bertz CT molecular complexity index is 424. The van der Waals surface area contributed by atoms with Gasteiger partial charge in [-0.3, -0.25) is 4.90 Å². The molecule has 4 heteroatoms. The van der Waals surface area contributed by atoms with Crippen molar-refractivity contribution in [1.29, 1.82) is 0 Å². The van der Waals surface area contributed by atoms with E-state index < -0.39 is 0 Å². The van der Waals surface area contributed by atoms with Crippen LogP contribution < -0.4 is 4.90 Å². The molecule has 116 valence electrons. The van der Waals surface area contributed by atoms with Crippen LogP contribution in [0.15, 0.2) is 30.3 Å². The summed E-state index contributed by atoms with van der Waals surface area (Å²) in [5, 5.41) is 9.81. The molecule has 2 aliphatic rings. The molecule has 0 amide bonds. The second-order valence-corrected chi connectivity index (χ2v) is 6.37. The summed E-state index contributed by atoms with van der Waals surface area (Å²) < 4.78 is 5.45. The SMILES string of the molecule is OCC1(CN2CCN(c3ccccc3)CC2)CCOCC1. The fraction of sp³-hybridized carbons (Fsp3) is 0.647. The van der Waals surface area contributed by atoms with Crippen molar-refractivity contribution in [3.63, 3.8) is 0 Å². The summed E-state index contributed by atoms with van der Waals surface area (Å²) >= 11 is 0. The number of para-hydroxylation sites is 1. The summed E-state index contributed by atoms with van der Waals surface area (Å²) in [7, 11) is 0. The number of hydrogen-bond acceptors (Lipinski definition) is 4. The van der Waals surface area contributed by atoms with Gasteiger partial charge in [-0.2, -0.15) is 0 Å². The fourth-order valence-electron chi connectivity index (χ4n) is 3.45. The lowest BCUT2D eigenvalue weighted by Gasteiger charge is -2.43. The Kier molecular flexibility index (Phi) is 4.78. The third-order valence-corrected chi connectivity index (χ3v) is 4.94. The molecule has 4 nitrogen and oxygen atoms in total. The van der Waals surface area contributed by atoms with Gasteiger partial charge in [-0.05, 0) is 25.0 Å². The van der Waals surface area contributed by atoms with Crippen molar-refractivity contribution in [3.8, 4) is 0 Å². The van der Waals surface area contributed by atoms with Crippen LogP contribution in [0.2, 0.25) is 0 Å². The van der Waals surface area contributed by atoms with Gasteiger partial charge in [-0.1, -0.05) is 18.2 Å². The number of aliphatic hydroxyl groups excluding tert-OH is 1. The van der Waals surface area contributed by atoms with E-state index >= 15 is 0 Å². The molecule has 2 aliphatic heterocycles. The molecule has 1 aromatic carbocycles. The molecule has 1 N–H and O–H groups in total. The fourth-order valence-corrected chi connectivity index (χ4v) is 3.45. The van der Waals surface area contributed by atoms with Crippen LogP contribution in [0.5, 0.6) is 0 Å². The summed E-state index contributed by atoms with van der Waals surface area (Å²) in [5.41, 5.74) is 1.38. The molecule has 0 saturated carbocycles. The normalized spacial score (nSPS) is 23.2. The van der Waals surface area contributed by atoms with Gasteiger partial charge in [0.25, 0.3) is 0 Å². The number of aliphatic hydroxyl groups is 1. The molecule has 0 aliphatic carbocycles. The Morgan fingerprint density at radius 3 is 2.29 bits per heavy atom. The topological polar surface area (TPSA) is 35.9 Å². The molecular formula is C17H26N2O2. The molecular weight excluding hydrogens is 264 g/mol. The minimum absolute atomic E-state index is 0.0627. The van der Waals surface area contributed by atoms with Gasteiger partial charge in [0, 0.05) is 57.0 Å². The first kappa shape index (κ1) is 14.8. The Hall–Kier alpha value is -1.10. The highest BCUT2D eigenvalue weighted by Gasteiger charge is 2.34. The minimum Gasteiger partial charge on any atom is -0.396 e. The first-order chi connectivity index (χ1) is 10.3. The van der Waals surface area contributed by atoms with Gasteiger partial charge < -0.3 is 14.7 Å². The smallest absolute Gasteiger partial charge is 0.0501 e. The van der Waals surface area contributed by atoms with E-state index in [0.29, 0.717) is 0 Å². The molecule has 0 bridgehead atoms. The van der Waals surface area contributed by atoms with Crippen molar-refractivity contribution < 1.29 is 9.84 Å². The van der Waals surface area contributed by atoms with Crippen LogP contribution in [0.25, 0.3) is 0 Å². The summed E-state index contributed by atoms with van der Waals surface area (Å²) in [4.78, 5) is 4.97. The van der Waals surface area contributed by atoms with Gasteiger partial charge >= 0.3 is 0 Å². The number of rotatable bonds is 4. The molecule has 3 rings (SSSR count). The van der Waals surface area contributed by atoms with Crippen molar-refractivity contribution >= 4 is 5.69 Å². The van der Waals surface area contributed by atoms with Crippen molar-refractivity contribution in [1.82, 2.24) is 4.90 Å². The van der Waals surface area contributed by atoms with Gasteiger partial charge in [-0.25, -0.2) is 0 Å². The van der Waals surface area contributed by atoms with E-state index in [4.69, 9.17) is 4.74 Å². The third-order valence-electron chi connectivity index (χ3n) is 4.94. The first-order valence-electron chi connectivity index (χ1n) is 8.02. The minimum atomic E-state index is 0.0627. The average Bonchev–Trinajstić information content (AvgIpc) is 2.57. The summed E-state index contributed by atoms with van der Waals surface area (Å²) in [6.45, 7) is 7.19. The van der Waals surface area contributed by atoms with Crippen LogP contribution in [-0.4, -0.2) is 62.6 Å². The lowest BCUT2D eigenvalue weighted by molar-refractivity contribution is -0.0348. The second-order valence-electron chi connectivity index (χ2n) is 6.37. The zero-order chi connectivity index (χ0) is 14.5. The zero-order valence-corrected chi connectivity index (χ0v) is 12.7. The standard InChI is InChI=1S/C17H26N2O2/c20-15-17(6-12-21-13-7-17)14-18-8-10-19(11-9-18)16-4-2-1-3-5-16/h1-5,20H,6-15H2. The maximum absolute atomic E-state index is 9.81. The number of hydrogen-bond donors (Lipinski definition) is 1. The molecule has 2 fully saturated rings. The lowest BCUT2D eigenvalue weighted by Crippen LogP contribution is -2.51. The van der Waals surface area contributed by atoms with Crippen LogP contribution in [0.3, 0.4) is 0 Å². The van der Waals surface area contributed by atoms with E-state index in [2.05, 4.69) is 40.1 Å². The van der Waals surface area contributed by atoms with E-state index in [1.807, 2.05) is 0 Å². The maximum Gasteiger partial charge on any atom is 0.0501 e. The van der Waals surface area contributed by atoms with Gasteiger partial charge in [-0.15, -0.1) is 0 Å². The van der Waals surface area contributed by atoms with E-state index in [1.54, 1.807) is 0 Å². The first-order valence-corrected chi connectivity index (χ1v) is 8.02. The van der Waals surface area contributed by atoms with E-state index in [0.717, 1.165) is 58.8 Å². The van der Waals surface area contributed by atoms with Crippen LogP contribution in [0, 0.1) is 5.41 Å². The molecule has 0 spiro atoms. The van der Waals surface area contributed by atoms with E-state index in [-0.39, 0.29) is 12.0 Å². The molecule has 2 heterocycles. The van der Waals surface area contributed by atoms with Crippen LogP contribution >= 0.6 is 0 Å². The maximum atomic E-state index is 9.81. The largest absolute Gasteiger partial charge is 0.396 e. The molecule has 1 aromatic rings. The molecule has 0 atom stereocenters. The third kappa shape index (κ3) is 3.57. The van der Waals surface area contributed by atoms with Crippen molar-refractivity contribution in [2.45, 2.75) is 12.8 Å². The van der Waals surface area contributed by atoms with Gasteiger partial charge in [0.15, 0.2) is 0 Å². The molecule has 0 unspecified atom stereocenters. The van der Waals surface area contributed by atoms with E-state index in [9.17, 15) is 5.11 Å². The number of piperazine rings is 1. The van der Waals surface area contributed by atoms with E-state index in [1.165, 1.54) is 5.69 Å². The monoisotopic (exact) mass is 290 g/mol. The van der Waals surface area contributed by atoms with Crippen molar-refractivity contribution in [2.75, 3.05) is 57.4 Å². The Labute approximate surface area is 127 Å². The Morgan fingerprint density at radius 1 is 1.00 bits per heavy atom. The van der Waals surface area contributed by atoms with Gasteiger partial charge in [0.2, 0.25) is 0 Å². The molecule has 2 saturated heterocycles. The quantitative estimate of drug-likeness (QED) is 0.914. The van der Waals surface area contributed by atoms with Gasteiger partial charge in [0.1, 0.15) is 0 Å². The van der Waals surface area contributed by atoms with Gasteiger partial charge in [0.05, 0.1) is 6.61 Å². The van der Waals surface area contributed by atoms with Crippen LogP contribution in [-0.2, 0) is 4.74 Å². The second kappa shape index (κ2) is 6.77. The van der Waals surface area contributed by atoms with Crippen molar-refractivity contribution in [3.05, 3.63) is 30.3 Å². The highest BCUT2D eigenvalue weighted by Crippen LogP contribution is 2.31. The number of anilines is 1. The highest BCUT2D eigenvalue weighted by molar-refractivity contribution is 5.46. The lowest BCUT2D eigenvalue weighted by atomic mass is 9.80.